The van der Waals surface area contributed by atoms with Crippen LogP contribution in [-0.2, 0) is 15.4 Å². The fourth-order valence-electron chi connectivity index (χ4n) is 3.53. The van der Waals surface area contributed by atoms with Gasteiger partial charge in [-0.3, -0.25) is 0 Å². The zero-order valence-corrected chi connectivity index (χ0v) is 15.1. The molecule has 22 heavy (non-hydrogen) atoms. The van der Waals surface area contributed by atoms with Crippen molar-refractivity contribution in [3.63, 3.8) is 0 Å². The number of rotatable bonds is 2. The summed E-state index contributed by atoms with van der Waals surface area (Å²) in [6.45, 7) is 12.6. The monoisotopic (exact) mass is 314 g/mol. The normalized spacial score (nSPS) is 23.5. The predicted octanol–water partition coefficient (Wildman–Crippen LogP) is 3.29. The Morgan fingerprint density at radius 2 is 2.05 bits per heavy atom. The van der Waals surface area contributed by atoms with Crippen LogP contribution in [0.15, 0.2) is 12.3 Å². The van der Waals surface area contributed by atoms with E-state index >= 15 is 0 Å². The molecule has 1 atom stereocenters. The summed E-state index contributed by atoms with van der Waals surface area (Å²) in [7, 11) is -1.89. The Balaban J connectivity index is 2.31. The number of nitriles is 1. The minimum atomic E-state index is -1.89. The van der Waals surface area contributed by atoms with E-state index in [1.165, 1.54) is 0 Å². The summed E-state index contributed by atoms with van der Waals surface area (Å²) in [5, 5.41) is 14.5. The van der Waals surface area contributed by atoms with Crippen molar-refractivity contribution < 1.29 is 4.43 Å². The Kier molecular flexibility index (Phi) is 3.04. The van der Waals surface area contributed by atoms with Crippen LogP contribution in [-0.4, -0.2) is 22.9 Å². The first-order valence-corrected chi connectivity index (χ1v) is 11.0. The van der Waals surface area contributed by atoms with Crippen molar-refractivity contribution in [1.29, 1.82) is 5.26 Å². The van der Waals surface area contributed by atoms with Gasteiger partial charge in [-0.1, -0.05) is 13.8 Å². The molecule has 0 aliphatic heterocycles. The molecule has 1 aliphatic rings. The van der Waals surface area contributed by atoms with E-state index in [-0.39, 0.29) is 5.41 Å². The van der Waals surface area contributed by atoms with Crippen molar-refractivity contribution in [2.75, 3.05) is 0 Å². The molecule has 0 fully saturated rings. The molecule has 0 N–H and O–H groups in total. The van der Waals surface area contributed by atoms with Crippen LogP contribution in [0.2, 0.25) is 19.6 Å². The van der Waals surface area contributed by atoms with Crippen LogP contribution in [0.25, 0.3) is 5.65 Å². The summed E-state index contributed by atoms with van der Waals surface area (Å²) in [4.78, 5) is 4.50. The molecule has 0 amide bonds. The van der Waals surface area contributed by atoms with Crippen molar-refractivity contribution >= 4 is 14.0 Å². The lowest BCUT2D eigenvalue weighted by Crippen LogP contribution is -2.39. The molecule has 1 unspecified atom stereocenters. The molecule has 0 saturated heterocycles. The molecule has 2 aromatic heterocycles. The van der Waals surface area contributed by atoms with E-state index in [4.69, 9.17) is 4.43 Å². The number of aryl methyl sites for hydroxylation is 1. The summed E-state index contributed by atoms with van der Waals surface area (Å²) in [5.74, 6) is 0. The van der Waals surface area contributed by atoms with E-state index in [0.717, 1.165) is 22.6 Å². The summed E-state index contributed by atoms with van der Waals surface area (Å²) >= 11 is 0. The van der Waals surface area contributed by atoms with Gasteiger partial charge in [-0.05, 0) is 15.2 Å². The van der Waals surface area contributed by atoms with Crippen molar-refractivity contribution in [2.24, 2.45) is 0 Å². The second-order valence-electron chi connectivity index (χ2n) is 7.79. The predicted molar refractivity (Wildman–Crippen MR) is 87.1 cm³/mol. The van der Waals surface area contributed by atoms with Crippen LogP contribution in [0.4, 0.5) is 0 Å². The van der Waals surface area contributed by atoms with Gasteiger partial charge in [-0.2, -0.15) is 10.4 Å². The van der Waals surface area contributed by atoms with E-state index < -0.39 is 13.9 Å². The lowest BCUT2D eigenvalue weighted by atomic mass is 9.88. The minimum absolute atomic E-state index is 0.190. The Labute approximate surface area is 132 Å². The van der Waals surface area contributed by atoms with Gasteiger partial charge >= 0.3 is 0 Å². The molecule has 5 nitrogen and oxygen atoms in total. The zero-order chi connectivity index (χ0) is 16.3. The lowest BCUT2D eigenvalue weighted by Gasteiger charge is -2.41. The van der Waals surface area contributed by atoms with Gasteiger partial charge in [0.05, 0.1) is 17.5 Å². The fourth-order valence-corrected chi connectivity index (χ4v) is 4.81. The number of aromatic nitrogens is 3. The standard InChI is InChI=1S/C16H22N4OSi/c1-11-7-13-18-8-12-14(20(13)19-11)15(2,3)9-16(12,10-17)21-22(4,5)6/h7-8H,9H2,1-6H3/q-1. The van der Waals surface area contributed by atoms with Crippen LogP contribution in [0.1, 0.15) is 37.2 Å². The number of hydrogen-bond acceptors (Lipinski definition) is 4. The highest BCUT2D eigenvalue weighted by Crippen LogP contribution is 2.50. The van der Waals surface area contributed by atoms with Crippen molar-refractivity contribution in [1.82, 2.24) is 14.6 Å². The molecule has 2 aromatic rings. The van der Waals surface area contributed by atoms with Crippen LogP contribution in [0.3, 0.4) is 0 Å². The second kappa shape index (κ2) is 4.40. The molecule has 6 heteroatoms. The van der Waals surface area contributed by atoms with E-state index in [0.29, 0.717) is 6.42 Å². The second-order valence-corrected chi connectivity index (χ2v) is 12.2. The third kappa shape index (κ3) is 2.16. The largest absolute Gasteiger partial charge is 0.546 e. The molecule has 3 rings (SSSR count). The first-order valence-electron chi connectivity index (χ1n) is 7.56. The minimum Gasteiger partial charge on any atom is -0.546 e. The number of nitrogens with zero attached hydrogens (tertiary/aromatic N) is 4. The van der Waals surface area contributed by atoms with Crippen LogP contribution >= 0.6 is 0 Å². The van der Waals surface area contributed by atoms with Gasteiger partial charge in [-0.25, -0.2) is 9.50 Å². The van der Waals surface area contributed by atoms with Crippen LogP contribution in [0, 0.1) is 18.3 Å². The molecule has 0 saturated carbocycles. The zero-order valence-electron chi connectivity index (χ0n) is 14.1. The van der Waals surface area contributed by atoms with E-state index in [9.17, 15) is 5.26 Å². The van der Waals surface area contributed by atoms with Crippen LogP contribution < -0.4 is 0 Å². The summed E-state index contributed by atoms with van der Waals surface area (Å²) in [5.41, 5.74) is 2.57. The highest BCUT2D eigenvalue weighted by molar-refractivity contribution is 6.69. The van der Waals surface area contributed by atoms with Crippen molar-refractivity contribution in [3.05, 3.63) is 29.2 Å². The SMILES string of the molecule is Cc1cc2ncc3c(n2n1)C(C)(C)CC3(C#N)O[Si-](C)(C)C. The first kappa shape index (κ1) is 15.2. The third-order valence-electron chi connectivity index (χ3n) is 4.03. The van der Waals surface area contributed by atoms with Gasteiger partial charge in [0.2, 0.25) is 0 Å². The topological polar surface area (TPSA) is 63.2 Å². The highest BCUT2D eigenvalue weighted by Gasteiger charge is 2.50. The Morgan fingerprint density at radius 3 is 2.64 bits per heavy atom. The summed E-state index contributed by atoms with van der Waals surface area (Å²) < 4.78 is 8.24. The van der Waals surface area contributed by atoms with Gasteiger partial charge in [-0.15, -0.1) is 19.6 Å². The molecule has 0 bridgehead atoms. The number of fused-ring (bicyclic) bond motifs is 3. The molecule has 1 aliphatic carbocycles. The average Bonchev–Trinajstić information content (AvgIpc) is 2.83. The maximum Gasteiger partial charge on any atom is 0.155 e. The van der Waals surface area contributed by atoms with Gasteiger partial charge in [0.25, 0.3) is 0 Å². The van der Waals surface area contributed by atoms with Gasteiger partial charge < -0.3 is 4.43 Å². The Morgan fingerprint density at radius 1 is 1.36 bits per heavy atom. The van der Waals surface area contributed by atoms with Gasteiger partial charge in [0.1, 0.15) is 5.60 Å². The van der Waals surface area contributed by atoms with E-state index in [1.807, 2.05) is 23.7 Å². The maximum absolute atomic E-state index is 9.93. The van der Waals surface area contributed by atoms with E-state index in [2.05, 4.69) is 49.6 Å². The lowest BCUT2D eigenvalue weighted by molar-refractivity contribution is 0.104. The molecule has 0 spiro atoms. The molecular formula is C16H22N4OSi-. The van der Waals surface area contributed by atoms with E-state index in [1.54, 1.807) is 0 Å². The van der Waals surface area contributed by atoms with Gasteiger partial charge in [0.15, 0.2) is 5.65 Å². The Hall–Kier alpha value is -1.71. The maximum atomic E-state index is 9.93. The summed E-state index contributed by atoms with van der Waals surface area (Å²) in [6.07, 6.45) is 2.44. The highest BCUT2D eigenvalue weighted by atomic mass is 28.4. The molecule has 2 heterocycles. The quantitative estimate of drug-likeness (QED) is 0.798. The molecule has 117 valence electrons. The summed E-state index contributed by atoms with van der Waals surface area (Å²) in [6, 6.07) is 4.41. The average molecular weight is 314 g/mol. The fraction of sp³-hybridized carbons (Fsp3) is 0.562. The van der Waals surface area contributed by atoms with Crippen LogP contribution in [0.5, 0.6) is 0 Å². The number of hydrogen-bond donors (Lipinski definition) is 0. The molecule has 0 radical (unpaired) electrons. The third-order valence-corrected chi connectivity index (χ3v) is 4.99. The van der Waals surface area contributed by atoms with Crippen molar-refractivity contribution in [3.8, 4) is 6.07 Å². The Bertz CT molecular complexity index is 797. The smallest absolute Gasteiger partial charge is 0.155 e. The first-order chi connectivity index (χ1) is 10.1. The van der Waals surface area contributed by atoms with Gasteiger partial charge in [0, 0.05) is 29.7 Å². The molecular weight excluding hydrogens is 292 g/mol. The molecule has 0 aromatic carbocycles. The van der Waals surface area contributed by atoms with Crippen molar-refractivity contribution in [2.45, 2.75) is 57.8 Å².